The molecule has 1 heterocycles. The number of hydrogen-bond donors (Lipinski definition) is 2. The number of carbonyl (C=O) groups is 1. The number of rotatable bonds is 4. The van der Waals surface area contributed by atoms with Gasteiger partial charge in [-0.2, -0.15) is 0 Å². The number of nitrogens with zero attached hydrogens (tertiary/aromatic N) is 1. The van der Waals surface area contributed by atoms with E-state index in [0.29, 0.717) is 10.0 Å². The molecule has 0 radical (unpaired) electrons. The van der Waals surface area contributed by atoms with Crippen molar-refractivity contribution in [3.05, 3.63) is 34.3 Å². The summed E-state index contributed by atoms with van der Waals surface area (Å²) >= 11 is 11.2. The molecule has 1 saturated heterocycles. The third kappa shape index (κ3) is 3.54. The summed E-state index contributed by atoms with van der Waals surface area (Å²) in [5.74, 6) is 0.0972. The normalized spacial score (nSPS) is 22.2. The van der Waals surface area contributed by atoms with Crippen molar-refractivity contribution in [3.8, 4) is 0 Å². The van der Waals surface area contributed by atoms with Crippen molar-refractivity contribution in [1.29, 1.82) is 0 Å². The molecule has 1 fully saturated rings. The predicted molar refractivity (Wildman–Crippen MR) is 89.4 cm³/mol. The minimum Gasteiger partial charge on any atom is -0.389 e. The molecule has 0 aromatic heterocycles. The summed E-state index contributed by atoms with van der Waals surface area (Å²) in [4.78, 5) is 14.5. The standard InChI is InChI=1S/C15H20ClN3OS/c1-15(14(20)18-2)5-6-19(9-15)8-11-4-3-10(13(17)21)7-12(11)16/h3-4,7H,5-6,8-9H2,1-2H3,(H2,17,21)(H,18,20). The fourth-order valence-electron chi connectivity index (χ4n) is 2.75. The summed E-state index contributed by atoms with van der Waals surface area (Å²) in [5, 5.41) is 3.40. The lowest BCUT2D eigenvalue weighted by atomic mass is 9.89. The zero-order valence-corrected chi connectivity index (χ0v) is 13.9. The molecule has 1 aliphatic rings. The topological polar surface area (TPSA) is 58.4 Å². The molecule has 2 rings (SSSR count). The van der Waals surface area contributed by atoms with E-state index < -0.39 is 0 Å². The first-order valence-electron chi connectivity index (χ1n) is 6.88. The number of halogens is 1. The van der Waals surface area contributed by atoms with E-state index in [1.54, 1.807) is 13.1 Å². The second kappa shape index (κ2) is 6.30. The molecule has 0 bridgehead atoms. The number of nitrogens with one attached hydrogen (secondary N) is 1. The molecule has 4 nitrogen and oxygen atoms in total. The Hall–Kier alpha value is -1.17. The summed E-state index contributed by atoms with van der Waals surface area (Å²) in [6.07, 6.45) is 0.856. The van der Waals surface area contributed by atoms with Crippen LogP contribution in [0.2, 0.25) is 5.02 Å². The number of amides is 1. The second-order valence-electron chi connectivity index (χ2n) is 5.77. The van der Waals surface area contributed by atoms with Crippen molar-refractivity contribution < 1.29 is 4.79 Å². The summed E-state index contributed by atoms with van der Waals surface area (Å²) < 4.78 is 0. The minimum atomic E-state index is -0.319. The van der Waals surface area contributed by atoms with E-state index in [9.17, 15) is 4.79 Å². The Balaban J connectivity index is 2.07. The number of nitrogens with two attached hydrogens (primary N) is 1. The van der Waals surface area contributed by atoms with E-state index in [0.717, 1.165) is 37.2 Å². The molecule has 21 heavy (non-hydrogen) atoms. The van der Waals surface area contributed by atoms with Crippen molar-refractivity contribution in [2.45, 2.75) is 19.9 Å². The van der Waals surface area contributed by atoms with Gasteiger partial charge in [-0.3, -0.25) is 9.69 Å². The molecule has 3 N–H and O–H groups in total. The Morgan fingerprint density at radius 2 is 2.29 bits per heavy atom. The van der Waals surface area contributed by atoms with Crippen LogP contribution in [0.25, 0.3) is 0 Å². The summed E-state index contributed by atoms with van der Waals surface area (Å²) in [6, 6.07) is 5.64. The van der Waals surface area contributed by atoms with Crippen LogP contribution in [0.3, 0.4) is 0 Å². The van der Waals surface area contributed by atoms with Crippen molar-refractivity contribution >= 4 is 34.7 Å². The molecular formula is C15H20ClN3OS. The zero-order valence-electron chi connectivity index (χ0n) is 12.3. The summed E-state index contributed by atoms with van der Waals surface area (Å²) in [7, 11) is 1.68. The molecule has 1 aliphatic heterocycles. The first-order chi connectivity index (χ1) is 9.85. The monoisotopic (exact) mass is 325 g/mol. The van der Waals surface area contributed by atoms with Gasteiger partial charge in [0, 0.05) is 30.7 Å². The number of thiocarbonyl (C=S) groups is 1. The van der Waals surface area contributed by atoms with Gasteiger partial charge in [0.2, 0.25) is 5.91 Å². The van der Waals surface area contributed by atoms with Crippen LogP contribution in [-0.4, -0.2) is 35.9 Å². The van der Waals surface area contributed by atoms with E-state index >= 15 is 0 Å². The number of likely N-dealkylation sites (tertiary alicyclic amines) is 1. The van der Waals surface area contributed by atoms with Gasteiger partial charge in [0.1, 0.15) is 4.99 Å². The van der Waals surface area contributed by atoms with Gasteiger partial charge >= 0.3 is 0 Å². The van der Waals surface area contributed by atoms with Gasteiger partial charge in [0.05, 0.1) is 5.41 Å². The fraction of sp³-hybridized carbons (Fsp3) is 0.467. The van der Waals surface area contributed by atoms with Crippen molar-refractivity contribution in [1.82, 2.24) is 10.2 Å². The highest BCUT2D eigenvalue weighted by Gasteiger charge is 2.39. The maximum atomic E-state index is 11.9. The van der Waals surface area contributed by atoms with E-state index in [1.807, 2.05) is 19.1 Å². The first kappa shape index (κ1) is 16.2. The Morgan fingerprint density at radius 3 is 2.86 bits per heavy atom. The van der Waals surface area contributed by atoms with Crippen molar-refractivity contribution in [2.75, 3.05) is 20.1 Å². The quantitative estimate of drug-likeness (QED) is 0.831. The Labute approximate surface area is 135 Å². The highest BCUT2D eigenvalue weighted by atomic mass is 35.5. The van der Waals surface area contributed by atoms with E-state index in [1.165, 1.54) is 0 Å². The number of carbonyl (C=O) groups excluding carboxylic acids is 1. The second-order valence-corrected chi connectivity index (χ2v) is 6.62. The van der Waals surface area contributed by atoms with Crippen molar-refractivity contribution in [2.24, 2.45) is 11.1 Å². The largest absolute Gasteiger partial charge is 0.389 e. The minimum absolute atomic E-state index is 0.0972. The maximum absolute atomic E-state index is 11.9. The number of hydrogen-bond acceptors (Lipinski definition) is 3. The van der Waals surface area contributed by atoms with Crippen LogP contribution in [0.4, 0.5) is 0 Å². The first-order valence-corrected chi connectivity index (χ1v) is 7.67. The van der Waals surface area contributed by atoms with Gasteiger partial charge in [-0.1, -0.05) is 36.0 Å². The molecular weight excluding hydrogens is 306 g/mol. The lowest BCUT2D eigenvalue weighted by Gasteiger charge is -2.23. The lowest BCUT2D eigenvalue weighted by Crippen LogP contribution is -2.39. The van der Waals surface area contributed by atoms with Crippen LogP contribution in [0.15, 0.2) is 18.2 Å². The third-order valence-corrected chi connectivity index (χ3v) is 4.65. The lowest BCUT2D eigenvalue weighted by molar-refractivity contribution is -0.129. The molecule has 6 heteroatoms. The third-order valence-electron chi connectivity index (χ3n) is 4.06. The van der Waals surface area contributed by atoms with Gasteiger partial charge in [-0.25, -0.2) is 0 Å². The van der Waals surface area contributed by atoms with E-state index in [2.05, 4.69) is 10.2 Å². The van der Waals surface area contributed by atoms with Gasteiger partial charge in [0.25, 0.3) is 0 Å². The number of benzene rings is 1. The zero-order chi connectivity index (χ0) is 15.6. The molecule has 1 amide bonds. The highest BCUT2D eigenvalue weighted by Crippen LogP contribution is 2.32. The van der Waals surface area contributed by atoms with E-state index in [-0.39, 0.29) is 11.3 Å². The molecule has 1 aromatic rings. The van der Waals surface area contributed by atoms with Gasteiger partial charge in [-0.15, -0.1) is 0 Å². The van der Waals surface area contributed by atoms with Gasteiger partial charge in [0.15, 0.2) is 0 Å². The molecule has 114 valence electrons. The van der Waals surface area contributed by atoms with Crippen LogP contribution in [0.1, 0.15) is 24.5 Å². The Kier molecular flexibility index (Phi) is 4.86. The fourth-order valence-corrected chi connectivity index (χ4v) is 3.12. The Bertz CT molecular complexity index is 578. The van der Waals surface area contributed by atoms with E-state index in [4.69, 9.17) is 29.6 Å². The predicted octanol–water partition coefficient (Wildman–Crippen LogP) is 1.93. The summed E-state index contributed by atoms with van der Waals surface area (Å²) in [5.41, 5.74) is 7.08. The molecule has 1 atom stereocenters. The van der Waals surface area contributed by atoms with Crippen LogP contribution in [0, 0.1) is 5.41 Å². The molecule has 1 aromatic carbocycles. The molecule has 0 saturated carbocycles. The highest BCUT2D eigenvalue weighted by molar-refractivity contribution is 7.80. The SMILES string of the molecule is CNC(=O)C1(C)CCN(Cc2ccc(C(N)=S)cc2Cl)C1. The average Bonchev–Trinajstić information content (AvgIpc) is 2.82. The maximum Gasteiger partial charge on any atom is 0.227 e. The van der Waals surface area contributed by atoms with Crippen LogP contribution in [0.5, 0.6) is 0 Å². The Morgan fingerprint density at radius 1 is 1.57 bits per heavy atom. The molecule has 0 spiro atoms. The van der Waals surface area contributed by atoms with Crippen LogP contribution in [-0.2, 0) is 11.3 Å². The smallest absolute Gasteiger partial charge is 0.227 e. The van der Waals surface area contributed by atoms with Crippen LogP contribution >= 0.6 is 23.8 Å². The summed E-state index contributed by atoms with van der Waals surface area (Å²) in [6.45, 7) is 4.35. The molecule has 1 unspecified atom stereocenters. The molecule has 0 aliphatic carbocycles. The van der Waals surface area contributed by atoms with Crippen LogP contribution < -0.4 is 11.1 Å². The van der Waals surface area contributed by atoms with Crippen molar-refractivity contribution in [3.63, 3.8) is 0 Å². The van der Waals surface area contributed by atoms with Gasteiger partial charge in [-0.05, 0) is 31.5 Å². The van der Waals surface area contributed by atoms with Gasteiger partial charge < -0.3 is 11.1 Å². The average molecular weight is 326 g/mol.